The molecule has 7 heteroatoms. The highest BCUT2D eigenvalue weighted by Crippen LogP contribution is 2.30. The van der Waals surface area contributed by atoms with Gasteiger partial charge in [-0.15, -0.1) is 0 Å². The molecule has 0 spiro atoms. The average Bonchev–Trinajstić information content (AvgIpc) is 2.98. The van der Waals surface area contributed by atoms with E-state index in [2.05, 4.69) is 55.7 Å². The first-order valence-electron chi connectivity index (χ1n) is 13.5. The van der Waals surface area contributed by atoms with Crippen LogP contribution >= 0.6 is 15.9 Å². The molecule has 5 rings (SSSR count). The average molecular weight is 601 g/mol. The molecule has 1 saturated heterocycles. The van der Waals surface area contributed by atoms with Crippen LogP contribution in [0, 0.1) is 11.7 Å². The van der Waals surface area contributed by atoms with Crippen molar-refractivity contribution in [2.75, 3.05) is 23.3 Å². The highest BCUT2D eigenvalue weighted by molar-refractivity contribution is 9.10. The molecule has 0 aliphatic carbocycles. The first-order valence-corrected chi connectivity index (χ1v) is 14.3. The lowest BCUT2D eigenvalue weighted by atomic mass is 9.89. The van der Waals surface area contributed by atoms with E-state index in [1.165, 1.54) is 17.7 Å². The third-order valence-corrected chi connectivity index (χ3v) is 8.00. The third kappa shape index (κ3) is 6.96. The molecule has 0 bridgehead atoms. The van der Waals surface area contributed by atoms with Gasteiger partial charge < -0.3 is 15.5 Å². The van der Waals surface area contributed by atoms with Crippen LogP contribution in [0.3, 0.4) is 0 Å². The number of nitrogens with one attached hydrogen (secondary N) is 2. The zero-order chi connectivity index (χ0) is 27.9. The summed E-state index contributed by atoms with van der Waals surface area (Å²) in [5.74, 6) is -0.235. The Morgan fingerprint density at radius 3 is 2.23 bits per heavy atom. The first kappa shape index (κ1) is 27.6. The number of amides is 2. The number of nitrogens with zero attached hydrogens (tertiary/aromatic N) is 1. The summed E-state index contributed by atoms with van der Waals surface area (Å²) < 4.78 is 14.0. The molecule has 1 fully saturated rings. The van der Waals surface area contributed by atoms with Crippen molar-refractivity contribution in [3.8, 4) is 0 Å². The molecule has 4 aromatic carbocycles. The highest BCUT2D eigenvalue weighted by atomic mass is 79.9. The summed E-state index contributed by atoms with van der Waals surface area (Å²) in [6.45, 7) is 1.96. The molecule has 0 saturated carbocycles. The van der Waals surface area contributed by atoms with Crippen molar-refractivity contribution >= 4 is 39.1 Å². The van der Waals surface area contributed by atoms with Gasteiger partial charge in [-0.2, -0.15) is 0 Å². The molecule has 1 aliphatic heterocycles. The van der Waals surface area contributed by atoms with Crippen LogP contribution in [0.15, 0.2) is 102 Å². The Kier molecular flexibility index (Phi) is 8.91. The largest absolute Gasteiger partial charge is 0.371 e. The summed E-state index contributed by atoms with van der Waals surface area (Å²) in [4.78, 5) is 28.7. The van der Waals surface area contributed by atoms with Crippen LogP contribution in [0.1, 0.15) is 44.7 Å². The number of piperidine rings is 1. The molecule has 0 aromatic heterocycles. The molecule has 40 heavy (non-hydrogen) atoms. The van der Waals surface area contributed by atoms with E-state index >= 15 is 0 Å². The number of carbonyl (C=O) groups excluding carboxylic acids is 2. The van der Waals surface area contributed by atoms with Crippen LogP contribution < -0.4 is 15.5 Å². The molecule has 2 N–H and O–H groups in total. The van der Waals surface area contributed by atoms with Gasteiger partial charge in [-0.25, -0.2) is 4.39 Å². The van der Waals surface area contributed by atoms with E-state index in [9.17, 15) is 14.0 Å². The zero-order valence-corrected chi connectivity index (χ0v) is 23.7. The van der Waals surface area contributed by atoms with E-state index < -0.39 is 0 Å². The van der Waals surface area contributed by atoms with Crippen molar-refractivity contribution in [2.24, 2.45) is 5.92 Å². The van der Waals surface area contributed by atoms with Gasteiger partial charge in [0.05, 0.1) is 11.1 Å². The second-order valence-electron chi connectivity index (χ2n) is 10.1. The lowest BCUT2D eigenvalue weighted by Crippen LogP contribution is -2.36. The maximum absolute atomic E-state index is 13.5. The Morgan fingerprint density at radius 1 is 0.800 bits per heavy atom. The molecule has 0 unspecified atom stereocenters. The van der Waals surface area contributed by atoms with Crippen LogP contribution in [0.25, 0.3) is 0 Å². The fourth-order valence-corrected chi connectivity index (χ4v) is 5.59. The third-order valence-electron chi connectivity index (χ3n) is 7.31. The van der Waals surface area contributed by atoms with Gasteiger partial charge in [0.25, 0.3) is 11.8 Å². The topological polar surface area (TPSA) is 61.4 Å². The second kappa shape index (κ2) is 12.9. The van der Waals surface area contributed by atoms with Crippen LogP contribution in [-0.4, -0.2) is 24.9 Å². The Morgan fingerprint density at radius 2 is 1.50 bits per heavy atom. The van der Waals surface area contributed by atoms with Crippen molar-refractivity contribution < 1.29 is 14.0 Å². The van der Waals surface area contributed by atoms with Crippen LogP contribution in [0.4, 0.5) is 15.8 Å². The van der Waals surface area contributed by atoms with E-state index in [1.807, 2.05) is 30.3 Å². The van der Waals surface area contributed by atoms with Gasteiger partial charge in [0.1, 0.15) is 5.82 Å². The molecule has 4 aromatic rings. The maximum Gasteiger partial charge on any atom is 0.256 e. The van der Waals surface area contributed by atoms with Crippen molar-refractivity contribution in [3.63, 3.8) is 0 Å². The predicted molar refractivity (Wildman–Crippen MR) is 161 cm³/mol. The van der Waals surface area contributed by atoms with Gasteiger partial charge in [0.15, 0.2) is 0 Å². The normalized spacial score (nSPS) is 13.6. The van der Waals surface area contributed by atoms with Gasteiger partial charge in [0.2, 0.25) is 0 Å². The molecule has 0 radical (unpaired) electrons. The lowest BCUT2D eigenvalue weighted by molar-refractivity contribution is 0.0950. The van der Waals surface area contributed by atoms with Gasteiger partial charge in [-0.3, -0.25) is 9.59 Å². The van der Waals surface area contributed by atoms with Gasteiger partial charge in [0, 0.05) is 35.5 Å². The van der Waals surface area contributed by atoms with E-state index in [-0.39, 0.29) is 24.2 Å². The zero-order valence-electron chi connectivity index (χ0n) is 22.1. The summed E-state index contributed by atoms with van der Waals surface area (Å²) >= 11 is 3.43. The van der Waals surface area contributed by atoms with Crippen molar-refractivity contribution in [1.82, 2.24) is 5.32 Å². The van der Waals surface area contributed by atoms with Crippen molar-refractivity contribution in [3.05, 3.63) is 130 Å². The Balaban J connectivity index is 1.34. The minimum absolute atomic E-state index is 0.247. The van der Waals surface area contributed by atoms with E-state index in [0.29, 0.717) is 27.2 Å². The molecular formula is C33H31BrFN3O2. The molecule has 5 nitrogen and oxygen atoms in total. The Bertz CT molecular complexity index is 1470. The summed E-state index contributed by atoms with van der Waals surface area (Å²) in [5.41, 5.74) is 4.54. The standard InChI is InChI=1S/C33H31BrFN3O2/c34-30-9-5-4-8-28(30)33(40)37-27-14-15-31(29(21-27)32(39)36-22-25-10-12-26(35)13-11-25)38-18-16-24(17-19-38)20-23-6-2-1-3-7-23/h1-15,21,24H,16-20,22H2,(H,36,39)(H,37,40). The smallest absolute Gasteiger partial charge is 0.256 e. The molecule has 2 amide bonds. The summed E-state index contributed by atoms with van der Waals surface area (Å²) in [7, 11) is 0. The van der Waals surface area contributed by atoms with E-state index in [4.69, 9.17) is 0 Å². The summed E-state index contributed by atoms with van der Waals surface area (Å²) in [6, 6.07) is 29.3. The summed E-state index contributed by atoms with van der Waals surface area (Å²) in [5, 5.41) is 5.90. The molecule has 1 heterocycles. The fourth-order valence-electron chi connectivity index (χ4n) is 5.12. The monoisotopic (exact) mass is 599 g/mol. The SMILES string of the molecule is O=C(Nc1ccc(N2CCC(Cc3ccccc3)CC2)c(C(=O)NCc2ccc(F)cc2)c1)c1ccccc1Br. The fraction of sp³-hybridized carbons (Fsp3) is 0.212. The van der Waals surface area contributed by atoms with Crippen LogP contribution in [0.2, 0.25) is 0 Å². The van der Waals surface area contributed by atoms with E-state index in [1.54, 1.807) is 30.3 Å². The number of hydrogen-bond donors (Lipinski definition) is 2. The number of halogens is 2. The summed E-state index contributed by atoms with van der Waals surface area (Å²) in [6.07, 6.45) is 3.12. The van der Waals surface area contributed by atoms with Gasteiger partial charge >= 0.3 is 0 Å². The minimum atomic E-state index is -0.318. The quantitative estimate of drug-likeness (QED) is 0.224. The number of anilines is 2. The number of rotatable bonds is 8. The van der Waals surface area contributed by atoms with Gasteiger partial charge in [-0.1, -0.05) is 54.6 Å². The van der Waals surface area contributed by atoms with Crippen LogP contribution in [-0.2, 0) is 13.0 Å². The van der Waals surface area contributed by atoms with Gasteiger partial charge in [-0.05, 0) is 94.7 Å². The molecule has 204 valence electrons. The molecular weight excluding hydrogens is 569 g/mol. The number of carbonyl (C=O) groups is 2. The molecule has 0 atom stereocenters. The minimum Gasteiger partial charge on any atom is -0.371 e. The lowest BCUT2D eigenvalue weighted by Gasteiger charge is -2.35. The van der Waals surface area contributed by atoms with E-state index in [0.717, 1.165) is 43.6 Å². The highest BCUT2D eigenvalue weighted by Gasteiger charge is 2.24. The first-order chi connectivity index (χ1) is 19.5. The Labute approximate surface area is 242 Å². The number of benzene rings is 4. The van der Waals surface area contributed by atoms with Crippen molar-refractivity contribution in [2.45, 2.75) is 25.8 Å². The number of hydrogen-bond acceptors (Lipinski definition) is 3. The Hall–Kier alpha value is -3.97. The second-order valence-corrected chi connectivity index (χ2v) is 10.9. The van der Waals surface area contributed by atoms with Crippen molar-refractivity contribution in [1.29, 1.82) is 0 Å². The predicted octanol–water partition coefficient (Wildman–Crippen LogP) is 7.23. The maximum atomic E-state index is 13.5. The van der Waals surface area contributed by atoms with Crippen LogP contribution in [0.5, 0.6) is 0 Å². The molecule has 1 aliphatic rings.